The monoisotopic (exact) mass is 203 g/mol. The Morgan fingerprint density at radius 1 is 1.62 bits per heavy atom. The second-order valence-electron chi connectivity index (χ2n) is 2.82. The summed E-state index contributed by atoms with van der Waals surface area (Å²) < 4.78 is 0. The summed E-state index contributed by atoms with van der Waals surface area (Å²) in [5, 5.41) is 8.52. The number of nitrogens with zero attached hydrogens (tertiary/aromatic N) is 1. The Balaban J connectivity index is 2.39. The highest BCUT2D eigenvalue weighted by molar-refractivity contribution is 8.00. The minimum absolute atomic E-state index is 0.00250. The Morgan fingerprint density at radius 3 is 3.00 bits per heavy atom. The molecule has 1 rings (SSSR count). The van der Waals surface area contributed by atoms with E-state index < -0.39 is 0 Å². The quantitative estimate of drug-likeness (QED) is 0.693. The SMILES string of the molecule is O=C(CCCO)N1CCSCC1=O. The van der Waals surface area contributed by atoms with E-state index in [4.69, 9.17) is 5.11 Å². The van der Waals surface area contributed by atoms with Crippen LogP contribution in [-0.2, 0) is 9.59 Å². The maximum absolute atomic E-state index is 11.4. The minimum Gasteiger partial charge on any atom is -0.396 e. The van der Waals surface area contributed by atoms with E-state index in [0.29, 0.717) is 18.7 Å². The fourth-order valence-electron chi connectivity index (χ4n) is 1.15. The van der Waals surface area contributed by atoms with Gasteiger partial charge in [0.05, 0.1) is 5.75 Å². The number of imide groups is 1. The molecule has 1 aliphatic heterocycles. The van der Waals surface area contributed by atoms with Crippen LogP contribution in [0.25, 0.3) is 0 Å². The summed E-state index contributed by atoms with van der Waals surface area (Å²) >= 11 is 1.56. The molecule has 0 atom stereocenters. The molecule has 0 bridgehead atoms. The summed E-state index contributed by atoms with van der Waals surface area (Å²) in [4.78, 5) is 23.9. The topological polar surface area (TPSA) is 57.6 Å². The molecule has 1 N–H and O–H groups in total. The van der Waals surface area contributed by atoms with Crippen molar-refractivity contribution < 1.29 is 14.7 Å². The second-order valence-corrected chi connectivity index (χ2v) is 3.92. The molecule has 1 saturated heterocycles. The number of amides is 2. The molecule has 13 heavy (non-hydrogen) atoms. The van der Waals surface area contributed by atoms with Gasteiger partial charge in [-0.1, -0.05) is 0 Å². The van der Waals surface area contributed by atoms with Gasteiger partial charge in [0.1, 0.15) is 0 Å². The molecule has 0 saturated carbocycles. The van der Waals surface area contributed by atoms with E-state index >= 15 is 0 Å². The van der Waals surface area contributed by atoms with Gasteiger partial charge < -0.3 is 5.11 Å². The molecule has 5 heteroatoms. The fraction of sp³-hybridized carbons (Fsp3) is 0.750. The number of hydrogen-bond acceptors (Lipinski definition) is 4. The number of aliphatic hydroxyl groups excluding tert-OH is 1. The van der Waals surface area contributed by atoms with Gasteiger partial charge in [-0.3, -0.25) is 14.5 Å². The minimum atomic E-state index is -0.153. The summed E-state index contributed by atoms with van der Waals surface area (Å²) in [6.45, 7) is 0.524. The lowest BCUT2D eigenvalue weighted by Gasteiger charge is -2.24. The third-order valence-electron chi connectivity index (χ3n) is 1.84. The number of carbonyl (C=O) groups is 2. The Labute approximate surface area is 81.3 Å². The normalized spacial score (nSPS) is 17.6. The summed E-state index contributed by atoms with van der Waals surface area (Å²) in [5.74, 6) is 0.986. The van der Waals surface area contributed by atoms with Crippen LogP contribution >= 0.6 is 11.8 Å². The summed E-state index contributed by atoms with van der Waals surface area (Å²) in [6.07, 6.45) is 0.711. The smallest absolute Gasteiger partial charge is 0.239 e. The molecule has 0 aromatic carbocycles. The van der Waals surface area contributed by atoms with E-state index in [1.54, 1.807) is 11.8 Å². The molecule has 2 amide bonds. The molecule has 0 aromatic heterocycles. The maximum atomic E-state index is 11.4. The van der Waals surface area contributed by atoms with Crippen molar-refractivity contribution in [2.75, 3.05) is 24.7 Å². The average molecular weight is 203 g/mol. The van der Waals surface area contributed by atoms with E-state index in [-0.39, 0.29) is 24.8 Å². The van der Waals surface area contributed by atoms with Gasteiger partial charge in [-0.15, -0.1) is 0 Å². The van der Waals surface area contributed by atoms with Crippen molar-refractivity contribution in [2.24, 2.45) is 0 Å². The molecule has 1 aliphatic rings. The van der Waals surface area contributed by atoms with Gasteiger partial charge in [-0.05, 0) is 6.42 Å². The Hall–Kier alpha value is -0.550. The molecular weight excluding hydrogens is 190 g/mol. The highest BCUT2D eigenvalue weighted by atomic mass is 32.2. The van der Waals surface area contributed by atoms with Crippen molar-refractivity contribution in [3.8, 4) is 0 Å². The standard InChI is InChI=1S/C8H13NO3S/c10-4-1-2-7(11)9-3-5-13-6-8(9)12/h10H,1-6H2. The lowest BCUT2D eigenvalue weighted by Crippen LogP contribution is -2.42. The van der Waals surface area contributed by atoms with Crippen LogP contribution in [0.15, 0.2) is 0 Å². The largest absolute Gasteiger partial charge is 0.396 e. The summed E-state index contributed by atoms with van der Waals surface area (Å²) in [7, 11) is 0. The van der Waals surface area contributed by atoms with Crippen molar-refractivity contribution in [3.05, 3.63) is 0 Å². The zero-order valence-corrected chi connectivity index (χ0v) is 8.18. The van der Waals surface area contributed by atoms with Gasteiger partial charge >= 0.3 is 0 Å². The average Bonchev–Trinajstić information content (AvgIpc) is 2.15. The zero-order valence-electron chi connectivity index (χ0n) is 7.36. The number of thioether (sulfide) groups is 1. The van der Waals surface area contributed by atoms with Crippen molar-refractivity contribution in [2.45, 2.75) is 12.8 Å². The Morgan fingerprint density at radius 2 is 2.38 bits per heavy atom. The Bertz CT molecular complexity index is 208. The molecular formula is C8H13NO3S. The first-order valence-electron chi connectivity index (χ1n) is 4.27. The Kier molecular flexibility index (Phi) is 4.24. The van der Waals surface area contributed by atoms with E-state index in [1.165, 1.54) is 4.90 Å². The van der Waals surface area contributed by atoms with Crippen molar-refractivity contribution in [3.63, 3.8) is 0 Å². The van der Waals surface area contributed by atoms with Gasteiger partial charge in [-0.25, -0.2) is 0 Å². The summed E-state index contributed by atoms with van der Waals surface area (Å²) in [6, 6.07) is 0. The van der Waals surface area contributed by atoms with E-state index in [1.807, 2.05) is 0 Å². The highest BCUT2D eigenvalue weighted by Crippen LogP contribution is 2.12. The van der Waals surface area contributed by atoms with E-state index in [0.717, 1.165) is 5.75 Å². The third-order valence-corrected chi connectivity index (χ3v) is 2.76. The second kappa shape index (κ2) is 5.24. The molecule has 0 radical (unpaired) electrons. The van der Waals surface area contributed by atoms with Gasteiger partial charge in [0, 0.05) is 25.3 Å². The van der Waals surface area contributed by atoms with Crippen LogP contribution in [0.1, 0.15) is 12.8 Å². The molecule has 0 aromatic rings. The lowest BCUT2D eigenvalue weighted by atomic mass is 10.3. The van der Waals surface area contributed by atoms with Crippen molar-refractivity contribution in [1.82, 2.24) is 4.90 Å². The van der Waals surface area contributed by atoms with Crippen molar-refractivity contribution >= 4 is 23.6 Å². The van der Waals surface area contributed by atoms with Crippen LogP contribution in [0, 0.1) is 0 Å². The van der Waals surface area contributed by atoms with Crippen LogP contribution in [0.5, 0.6) is 0 Å². The third kappa shape index (κ3) is 3.00. The van der Waals surface area contributed by atoms with Crippen LogP contribution in [-0.4, -0.2) is 46.5 Å². The predicted octanol–water partition coefficient (Wildman–Crippen LogP) is -0.139. The number of carbonyl (C=O) groups excluding carboxylic acids is 2. The number of rotatable bonds is 3. The van der Waals surface area contributed by atoms with E-state index in [2.05, 4.69) is 0 Å². The van der Waals surface area contributed by atoms with Crippen LogP contribution in [0.3, 0.4) is 0 Å². The van der Waals surface area contributed by atoms with Crippen LogP contribution < -0.4 is 0 Å². The first-order chi connectivity index (χ1) is 6.25. The van der Waals surface area contributed by atoms with Gasteiger partial charge in [0.15, 0.2) is 0 Å². The molecule has 1 heterocycles. The zero-order chi connectivity index (χ0) is 9.68. The first-order valence-corrected chi connectivity index (χ1v) is 5.43. The van der Waals surface area contributed by atoms with Crippen molar-refractivity contribution in [1.29, 1.82) is 0 Å². The van der Waals surface area contributed by atoms with Gasteiger partial charge in [-0.2, -0.15) is 11.8 Å². The predicted molar refractivity (Wildman–Crippen MR) is 50.4 cm³/mol. The number of hydrogen-bond donors (Lipinski definition) is 1. The molecule has 0 unspecified atom stereocenters. The van der Waals surface area contributed by atoms with E-state index in [9.17, 15) is 9.59 Å². The molecule has 74 valence electrons. The molecule has 4 nitrogen and oxygen atoms in total. The molecule has 1 fully saturated rings. The van der Waals surface area contributed by atoms with Crippen LogP contribution in [0.4, 0.5) is 0 Å². The van der Waals surface area contributed by atoms with Crippen LogP contribution in [0.2, 0.25) is 0 Å². The maximum Gasteiger partial charge on any atom is 0.239 e. The van der Waals surface area contributed by atoms with Gasteiger partial charge in [0.25, 0.3) is 0 Å². The fourth-order valence-corrected chi connectivity index (χ4v) is 1.93. The highest BCUT2D eigenvalue weighted by Gasteiger charge is 2.23. The lowest BCUT2D eigenvalue weighted by molar-refractivity contribution is -0.143. The van der Waals surface area contributed by atoms with Gasteiger partial charge in [0.2, 0.25) is 11.8 Å². The molecule has 0 spiro atoms. The summed E-state index contributed by atoms with van der Waals surface area (Å²) in [5.41, 5.74) is 0. The molecule has 0 aliphatic carbocycles. The first kappa shape index (κ1) is 10.5. The number of aliphatic hydroxyl groups is 1.